The highest BCUT2D eigenvalue weighted by atomic mass is 19.1. The molecule has 0 amide bonds. The minimum absolute atomic E-state index is 0.0220. The number of aromatic nitrogens is 1. The molecule has 1 heterocycles. The van der Waals surface area contributed by atoms with E-state index in [0.29, 0.717) is 22.0 Å². The van der Waals surface area contributed by atoms with E-state index in [1.165, 1.54) is 6.07 Å². The lowest BCUT2D eigenvalue weighted by Gasteiger charge is -2.08. The fraction of sp³-hybridized carbons (Fsp3) is 0.250. The summed E-state index contributed by atoms with van der Waals surface area (Å²) in [5, 5.41) is 0.580. The van der Waals surface area contributed by atoms with Crippen LogP contribution < -0.4 is 5.43 Å². The molecule has 15 heavy (non-hydrogen) atoms. The molecule has 0 saturated heterocycles. The summed E-state index contributed by atoms with van der Waals surface area (Å²) in [5.74, 6) is -0.277. The van der Waals surface area contributed by atoms with Gasteiger partial charge in [-0.25, -0.2) is 4.39 Å². The molecular weight excluding hydrogens is 193 g/mol. The van der Waals surface area contributed by atoms with Crippen LogP contribution in [0, 0.1) is 19.7 Å². The predicted octanol–water partition coefficient (Wildman–Crippen LogP) is 2.29. The molecule has 0 fully saturated rings. The first-order valence-electron chi connectivity index (χ1n) is 4.77. The van der Waals surface area contributed by atoms with Gasteiger partial charge in [-0.15, -0.1) is 0 Å². The number of hydrogen-bond donors (Lipinski definition) is 0. The zero-order chi connectivity index (χ0) is 11.2. The first-order valence-corrected chi connectivity index (χ1v) is 4.77. The minimum atomic E-state index is -0.277. The smallest absolute Gasteiger partial charge is 0.192 e. The van der Waals surface area contributed by atoms with Crippen molar-refractivity contribution >= 4 is 10.9 Å². The lowest BCUT2D eigenvalue weighted by molar-refractivity contribution is 0.619. The van der Waals surface area contributed by atoms with Crippen LogP contribution in [0.15, 0.2) is 23.1 Å². The number of halogens is 1. The molecule has 0 radical (unpaired) electrons. The predicted molar refractivity (Wildman–Crippen MR) is 58.6 cm³/mol. The Balaban J connectivity index is 3.04. The van der Waals surface area contributed by atoms with E-state index >= 15 is 0 Å². The van der Waals surface area contributed by atoms with Gasteiger partial charge in [0.05, 0.1) is 5.52 Å². The third kappa shape index (κ3) is 1.44. The molecular formula is C12H12FNO. The number of pyridine rings is 1. The van der Waals surface area contributed by atoms with Crippen LogP contribution >= 0.6 is 0 Å². The van der Waals surface area contributed by atoms with Crippen molar-refractivity contribution in [2.45, 2.75) is 13.8 Å². The van der Waals surface area contributed by atoms with Crippen LogP contribution in [0.5, 0.6) is 0 Å². The average Bonchev–Trinajstić information content (AvgIpc) is 2.18. The lowest BCUT2D eigenvalue weighted by Crippen LogP contribution is -2.10. The van der Waals surface area contributed by atoms with Crippen molar-refractivity contribution in [3.63, 3.8) is 0 Å². The number of rotatable bonds is 0. The second-order valence-electron chi connectivity index (χ2n) is 3.87. The van der Waals surface area contributed by atoms with Crippen molar-refractivity contribution < 1.29 is 4.39 Å². The normalized spacial score (nSPS) is 10.9. The summed E-state index contributed by atoms with van der Waals surface area (Å²) in [6.45, 7) is 3.43. The first kappa shape index (κ1) is 9.90. The van der Waals surface area contributed by atoms with Crippen molar-refractivity contribution in [3.8, 4) is 0 Å². The highest BCUT2D eigenvalue weighted by Gasteiger charge is 2.07. The maximum absolute atomic E-state index is 13.3. The number of hydrogen-bond acceptors (Lipinski definition) is 1. The molecule has 2 rings (SSSR count). The van der Waals surface area contributed by atoms with E-state index < -0.39 is 0 Å². The fourth-order valence-corrected chi connectivity index (χ4v) is 1.78. The molecule has 0 bridgehead atoms. The Morgan fingerprint density at radius 3 is 2.53 bits per heavy atom. The summed E-state index contributed by atoms with van der Waals surface area (Å²) in [5.41, 5.74) is 1.79. The Kier molecular flexibility index (Phi) is 2.11. The molecule has 0 aliphatic heterocycles. The number of fused-ring (bicyclic) bond motifs is 1. The second kappa shape index (κ2) is 3.19. The van der Waals surface area contributed by atoms with Gasteiger partial charge in [-0.3, -0.25) is 4.79 Å². The quantitative estimate of drug-likeness (QED) is 0.646. The van der Waals surface area contributed by atoms with Crippen LogP contribution in [0.2, 0.25) is 0 Å². The van der Waals surface area contributed by atoms with E-state index in [2.05, 4.69) is 0 Å². The van der Waals surface area contributed by atoms with Crippen LogP contribution in [0.4, 0.5) is 4.39 Å². The Morgan fingerprint density at radius 1 is 1.20 bits per heavy atom. The van der Waals surface area contributed by atoms with E-state index in [1.54, 1.807) is 30.7 Å². The van der Waals surface area contributed by atoms with Gasteiger partial charge in [-0.2, -0.15) is 0 Å². The number of nitrogens with zero attached hydrogens (tertiary/aromatic N) is 1. The van der Waals surface area contributed by atoms with Crippen LogP contribution in [-0.2, 0) is 7.05 Å². The van der Waals surface area contributed by atoms with Gasteiger partial charge in [0.15, 0.2) is 5.43 Å². The molecule has 0 aliphatic rings. The van der Waals surface area contributed by atoms with Gasteiger partial charge in [0, 0.05) is 24.2 Å². The van der Waals surface area contributed by atoms with Gasteiger partial charge >= 0.3 is 0 Å². The van der Waals surface area contributed by atoms with Crippen LogP contribution in [0.3, 0.4) is 0 Å². The van der Waals surface area contributed by atoms with Crippen LogP contribution in [0.1, 0.15) is 11.1 Å². The van der Waals surface area contributed by atoms with Gasteiger partial charge in [0.1, 0.15) is 5.82 Å². The first-order chi connectivity index (χ1) is 7.00. The summed E-state index contributed by atoms with van der Waals surface area (Å²) in [4.78, 5) is 11.8. The lowest BCUT2D eigenvalue weighted by atomic mass is 10.1. The monoisotopic (exact) mass is 205 g/mol. The van der Waals surface area contributed by atoms with Crippen molar-refractivity contribution in [2.24, 2.45) is 7.05 Å². The molecule has 0 N–H and O–H groups in total. The number of aryl methyl sites for hydroxylation is 3. The minimum Gasteiger partial charge on any atom is -0.350 e. The van der Waals surface area contributed by atoms with E-state index in [9.17, 15) is 9.18 Å². The summed E-state index contributed by atoms with van der Waals surface area (Å²) < 4.78 is 15.1. The average molecular weight is 205 g/mol. The molecule has 2 nitrogen and oxygen atoms in total. The van der Waals surface area contributed by atoms with Crippen molar-refractivity contribution in [2.75, 3.05) is 0 Å². The summed E-state index contributed by atoms with van der Waals surface area (Å²) in [6, 6.07) is 3.02. The standard InChI is InChI=1S/C12H12FNO/c1-7-4-9-11(5-10(7)13)14(3)6-8(2)12(9)15/h4-6H,1-3H3. The van der Waals surface area contributed by atoms with Crippen molar-refractivity contribution in [1.29, 1.82) is 0 Å². The summed E-state index contributed by atoms with van der Waals surface area (Å²) in [6.07, 6.45) is 1.72. The van der Waals surface area contributed by atoms with Crippen molar-refractivity contribution in [1.82, 2.24) is 4.57 Å². The van der Waals surface area contributed by atoms with Crippen LogP contribution in [-0.4, -0.2) is 4.57 Å². The Bertz CT molecular complexity index is 599. The Morgan fingerprint density at radius 2 is 1.87 bits per heavy atom. The molecule has 0 atom stereocenters. The molecule has 3 heteroatoms. The summed E-state index contributed by atoms with van der Waals surface area (Å²) in [7, 11) is 1.81. The van der Waals surface area contributed by atoms with Crippen molar-refractivity contribution in [3.05, 3.63) is 45.5 Å². The van der Waals surface area contributed by atoms with E-state index in [1.807, 2.05) is 7.05 Å². The maximum atomic E-state index is 13.3. The fourth-order valence-electron chi connectivity index (χ4n) is 1.78. The molecule has 0 saturated carbocycles. The van der Waals surface area contributed by atoms with Crippen LogP contribution in [0.25, 0.3) is 10.9 Å². The summed E-state index contributed by atoms with van der Waals surface area (Å²) >= 11 is 0. The Labute approximate surface area is 87.0 Å². The highest BCUT2D eigenvalue weighted by molar-refractivity contribution is 5.80. The molecule has 0 unspecified atom stereocenters. The van der Waals surface area contributed by atoms with E-state index in [4.69, 9.17) is 0 Å². The zero-order valence-corrected chi connectivity index (χ0v) is 8.97. The topological polar surface area (TPSA) is 22.0 Å². The van der Waals surface area contributed by atoms with Gasteiger partial charge in [-0.05, 0) is 31.5 Å². The van der Waals surface area contributed by atoms with Gasteiger partial charge in [0.25, 0.3) is 0 Å². The van der Waals surface area contributed by atoms with Gasteiger partial charge < -0.3 is 4.57 Å². The van der Waals surface area contributed by atoms with E-state index in [-0.39, 0.29) is 11.2 Å². The second-order valence-corrected chi connectivity index (χ2v) is 3.87. The largest absolute Gasteiger partial charge is 0.350 e. The van der Waals surface area contributed by atoms with Gasteiger partial charge in [-0.1, -0.05) is 0 Å². The molecule has 78 valence electrons. The molecule has 1 aromatic heterocycles. The SMILES string of the molecule is Cc1cc2c(=O)c(C)cn(C)c2cc1F. The number of benzene rings is 1. The molecule has 1 aromatic carbocycles. The molecule has 0 spiro atoms. The van der Waals surface area contributed by atoms with E-state index in [0.717, 1.165) is 0 Å². The van der Waals surface area contributed by atoms with Gasteiger partial charge in [0.2, 0.25) is 0 Å². The molecule has 2 aromatic rings. The molecule has 0 aliphatic carbocycles. The zero-order valence-electron chi connectivity index (χ0n) is 8.97. The highest BCUT2D eigenvalue weighted by Crippen LogP contribution is 2.16. The third-order valence-corrected chi connectivity index (χ3v) is 2.65. The maximum Gasteiger partial charge on any atom is 0.192 e. The third-order valence-electron chi connectivity index (χ3n) is 2.65. The Hall–Kier alpha value is -1.64.